The van der Waals surface area contributed by atoms with Gasteiger partial charge in [-0.1, -0.05) is 12.8 Å². The fourth-order valence-corrected chi connectivity index (χ4v) is 4.59. The normalized spacial score (nSPS) is 39.5. The van der Waals surface area contributed by atoms with E-state index in [1.807, 2.05) is 6.92 Å². The van der Waals surface area contributed by atoms with Crippen molar-refractivity contribution in [2.24, 2.45) is 5.41 Å². The summed E-state index contributed by atoms with van der Waals surface area (Å²) in [5, 5.41) is 13.3. The molecule has 1 saturated heterocycles. The smallest absolute Gasteiger partial charge is 0.229 e. The molecule has 3 atom stereocenters. The molecule has 0 aromatic carbocycles. The van der Waals surface area contributed by atoms with Crippen LogP contribution < -0.4 is 5.32 Å². The minimum atomic E-state index is -0.899. The Morgan fingerprint density at radius 2 is 1.77 bits per heavy atom. The van der Waals surface area contributed by atoms with Crippen molar-refractivity contribution in [2.45, 2.75) is 74.4 Å². The first-order valence-electron chi connectivity index (χ1n) is 8.44. The maximum Gasteiger partial charge on any atom is 0.229 e. The lowest BCUT2D eigenvalue weighted by Gasteiger charge is -2.41. The van der Waals surface area contributed by atoms with Gasteiger partial charge in [-0.05, 0) is 39.0 Å². The van der Waals surface area contributed by atoms with Gasteiger partial charge in [0.2, 0.25) is 5.91 Å². The highest BCUT2D eigenvalue weighted by atomic mass is 35.5. The summed E-state index contributed by atoms with van der Waals surface area (Å²) in [4.78, 5) is 14.7. The van der Waals surface area contributed by atoms with Gasteiger partial charge in [0, 0.05) is 25.2 Å². The Labute approximate surface area is 142 Å². The van der Waals surface area contributed by atoms with Gasteiger partial charge in [-0.2, -0.15) is 0 Å². The third-order valence-corrected chi connectivity index (χ3v) is 6.89. The van der Waals surface area contributed by atoms with E-state index in [0.717, 1.165) is 45.2 Å². The maximum absolute atomic E-state index is 12.3. The van der Waals surface area contributed by atoms with E-state index in [0.29, 0.717) is 12.5 Å². The molecule has 3 rings (SSSR count). The Hall–Kier alpha value is -0.0300. The second-order valence-electron chi connectivity index (χ2n) is 7.42. The molecule has 3 aliphatic rings. The molecule has 4 nitrogen and oxygen atoms in total. The largest absolute Gasteiger partial charge is 0.391 e. The van der Waals surface area contributed by atoms with Crippen LogP contribution in [0.2, 0.25) is 0 Å². The van der Waals surface area contributed by atoms with Gasteiger partial charge in [0.15, 0.2) is 0 Å². The van der Waals surface area contributed by atoms with E-state index in [-0.39, 0.29) is 18.1 Å². The molecule has 0 bridgehead atoms. The molecular formula is C16H26Cl2N2O2. The lowest BCUT2D eigenvalue weighted by atomic mass is 9.89. The van der Waals surface area contributed by atoms with Crippen LogP contribution in [0.15, 0.2) is 0 Å². The van der Waals surface area contributed by atoms with Gasteiger partial charge in [0.05, 0.1) is 11.5 Å². The number of amides is 1. The minimum absolute atomic E-state index is 0.0198. The number of hydrogen-bond acceptors (Lipinski definition) is 3. The molecule has 1 amide bonds. The van der Waals surface area contributed by atoms with Crippen molar-refractivity contribution in [3.63, 3.8) is 0 Å². The fraction of sp³-hybridized carbons (Fsp3) is 0.938. The zero-order valence-corrected chi connectivity index (χ0v) is 14.7. The summed E-state index contributed by atoms with van der Waals surface area (Å²) in [6, 6.07) is 0.510. The molecule has 2 saturated carbocycles. The summed E-state index contributed by atoms with van der Waals surface area (Å²) in [6.07, 6.45) is 6.59. The number of likely N-dealkylation sites (tertiary alicyclic amines) is 1. The lowest BCUT2D eigenvalue weighted by Crippen LogP contribution is -2.53. The van der Waals surface area contributed by atoms with E-state index < -0.39 is 9.75 Å². The summed E-state index contributed by atoms with van der Waals surface area (Å²) in [6.45, 7) is 3.71. The zero-order valence-electron chi connectivity index (χ0n) is 13.2. The Morgan fingerprint density at radius 1 is 1.18 bits per heavy atom. The monoisotopic (exact) mass is 348 g/mol. The molecule has 22 heavy (non-hydrogen) atoms. The number of halogens is 2. The SMILES string of the molecule is CC1(C(=O)NC2CCN(C3CCCCC3O)CC2)CC1(Cl)Cl. The topological polar surface area (TPSA) is 52.6 Å². The van der Waals surface area contributed by atoms with Crippen molar-refractivity contribution in [3.05, 3.63) is 0 Å². The van der Waals surface area contributed by atoms with Gasteiger partial charge in [-0.15, -0.1) is 23.2 Å². The fourth-order valence-electron chi connectivity index (χ4n) is 3.88. The molecule has 2 aliphatic carbocycles. The van der Waals surface area contributed by atoms with Gasteiger partial charge in [-0.3, -0.25) is 9.69 Å². The summed E-state index contributed by atoms with van der Waals surface area (Å²) in [5.74, 6) is -0.0198. The predicted molar refractivity (Wildman–Crippen MR) is 88.2 cm³/mol. The van der Waals surface area contributed by atoms with E-state index in [4.69, 9.17) is 23.2 Å². The molecule has 6 heteroatoms. The molecule has 0 aromatic heterocycles. The van der Waals surface area contributed by atoms with Crippen molar-refractivity contribution in [2.75, 3.05) is 13.1 Å². The van der Waals surface area contributed by atoms with Crippen LogP contribution >= 0.6 is 23.2 Å². The van der Waals surface area contributed by atoms with Gasteiger partial charge < -0.3 is 10.4 Å². The highest BCUT2D eigenvalue weighted by molar-refractivity contribution is 6.53. The molecule has 0 aromatic rings. The van der Waals surface area contributed by atoms with Crippen molar-refractivity contribution in [3.8, 4) is 0 Å². The number of piperidine rings is 1. The number of alkyl halides is 2. The molecule has 2 N–H and O–H groups in total. The summed E-state index contributed by atoms with van der Waals surface area (Å²) in [7, 11) is 0. The predicted octanol–water partition coefficient (Wildman–Crippen LogP) is 2.45. The highest BCUT2D eigenvalue weighted by Crippen LogP contribution is 2.63. The number of nitrogens with one attached hydrogen (secondary N) is 1. The third-order valence-electron chi connectivity index (χ3n) is 5.79. The van der Waals surface area contributed by atoms with Crippen molar-refractivity contribution < 1.29 is 9.90 Å². The average Bonchev–Trinajstić information content (AvgIpc) is 3.01. The first-order chi connectivity index (χ1) is 10.3. The van der Waals surface area contributed by atoms with Gasteiger partial charge in [0.25, 0.3) is 0 Å². The standard InChI is InChI=1S/C16H26Cl2N2O2/c1-15(10-16(15,17)18)14(22)19-11-6-8-20(9-7-11)12-4-2-3-5-13(12)21/h11-13,21H,2-10H2,1H3,(H,19,22). The second kappa shape index (κ2) is 6.12. The molecule has 1 heterocycles. The molecule has 0 radical (unpaired) electrons. The van der Waals surface area contributed by atoms with E-state index >= 15 is 0 Å². The Morgan fingerprint density at radius 3 is 2.32 bits per heavy atom. The van der Waals surface area contributed by atoms with Crippen LogP contribution in [0.3, 0.4) is 0 Å². The van der Waals surface area contributed by atoms with Crippen LogP contribution in [0.25, 0.3) is 0 Å². The van der Waals surface area contributed by atoms with Crippen molar-refractivity contribution in [1.29, 1.82) is 0 Å². The van der Waals surface area contributed by atoms with Crippen LogP contribution in [-0.4, -0.2) is 51.5 Å². The Bertz CT molecular complexity index is 438. The number of carbonyl (C=O) groups excluding carboxylic acids is 1. The van der Waals surface area contributed by atoms with E-state index in [1.54, 1.807) is 0 Å². The van der Waals surface area contributed by atoms with Crippen LogP contribution in [0.5, 0.6) is 0 Å². The molecule has 126 valence electrons. The third kappa shape index (κ3) is 3.12. The Kier molecular flexibility index (Phi) is 4.68. The van der Waals surface area contributed by atoms with Gasteiger partial charge in [0.1, 0.15) is 4.33 Å². The molecule has 3 unspecified atom stereocenters. The number of aliphatic hydroxyl groups is 1. The molecule has 1 aliphatic heterocycles. The van der Waals surface area contributed by atoms with Gasteiger partial charge in [-0.25, -0.2) is 0 Å². The number of hydrogen-bond donors (Lipinski definition) is 2. The quantitative estimate of drug-likeness (QED) is 0.770. The summed E-state index contributed by atoms with van der Waals surface area (Å²) >= 11 is 12.1. The number of carbonyl (C=O) groups is 1. The highest BCUT2D eigenvalue weighted by Gasteiger charge is 2.68. The van der Waals surface area contributed by atoms with Crippen LogP contribution in [0, 0.1) is 5.41 Å². The van der Waals surface area contributed by atoms with Crippen molar-refractivity contribution in [1.82, 2.24) is 10.2 Å². The first-order valence-corrected chi connectivity index (χ1v) is 9.20. The molecule has 3 fully saturated rings. The average molecular weight is 349 g/mol. The van der Waals surface area contributed by atoms with Crippen LogP contribution in [-0.2, 0) is 4.79 Å². The lowest BCUT2D eigenvalue weighted by molar-refractivity contribution is -0.127. The number of nitrogens with zero attached hydrogens (tertiary/aromatic N) is 1. The molecular weight excluding hydrogens is 323 g/mol. The van der Waals surface area contributed by atoms with E-state index in [9.17, 15) is 9.90 Å². The zero-order chi connectivity index (χ0) is 16.0. The summed E-state index contributed by atoms with van der Waals surface area (Å²) in [5.41, 5.74) is -0.632. The maximum atomic E-state index is 12.3. The number of aliphatic hydroxyl groups excluding tert-OH is 1. The number of rotatable bonds is 3. The minimum Gasteiger partial charge on any atom is -0.391 e. The van der Waals surface area contributed by atoms with Gasteiger partial charge >= 0.3 is 0 Å². The van der Waals surface area contributed by atoms with Crippen molar-refractivity contribution >= 4 is 29.1 Å². The second-order valence-corrected chi connectivity index (χ2v) is 8.90. The van der Waals surface area contributed by atoms with E-state index in [2.05, 4.69) is 10.2 Å². The van der Waals surface area contributed by atoms with Crippen LogP contribution in [0.1, 0.15) is 51.9 Å². The van der Waals surface area contributed by atoms with Crippen LogP contribution in [0.4, 0.5) is 0 Å². The first kappa shape index (κ1) is 16.8. The van der Waals surface area contributed by atoms with E-state index in [1.165, 1.54) is 6.42 Å². The Balaban J connectivity index is 1.47. The molecule has 0 spiro atoms. The summed E-state index contributed by atoms with van der Waals surface area (Å²) < 4.78 is -0.899.